The van der Waals surface area contributed by atoms with Gasteiger partial charge in [0, 0.05) is 36.6 Å². The van der Waals surface area contributed by atoms with Gasteiger partial charge >= 0.3 is 0 Å². The molecule has 0 aromatic carbocycles. The first-order valence-electron chi connectivity index (χ1n) is 8.42. The minimum Gasteiger partial charge on any atom is -0.357 e. The van der Waals surface area contributed by atoms with Crippen LogP contribution in [0.5, 0.6) is 0 Å². The predicted molar refractivity (Wildman–Crippen MR) is 112 cm³/mol. The van der Waals surface area contributed by atoms with Crippen LogP contribution in [0.4, 0.5) is 0 Å². The number of aryl methyl sites for hydroxylation is 1. The van der Waals surface area contributed by atoms with E-state index >= 15 is 0 Å². The minimum absolute atomic E-state index is 0. The molecule has 0 amide bonds. The summed E-state index contributed by atoms with van der Waals surface area (Å²) in [5.41, 5.74) is 1.34. The fourth-order valence-electron chi connectivity index (χ4n) is 2.63. The molecule has 0 spiro atoms. The molecule has 1 heterocycles. The largest absolute Gasteiger partial charge is 0.357 e. The lowest BCUT2D eigenvalue weighted by Crippen LogP contribution is -2.43. The smallest absolute Gasteiger partial charge is 0.191 e. The van der Waals surface area contributed by atoms with Gasteiger partial charge in [-0.05, 0) is 57.5 Å². The van der Waals surface area contributed by atoms with Crippen molar-refractivity contribution in [2.24, 2.45) is 4.99 Å². The molecular formula is C17H31IN4S. The molecule has 0 saturated heterocycles. The van der Waals surface area contributed by atoms with Crippen molar-refractivity contribution < 1.29 is 0 Å². The van der Waals surface area contributed by atoms with Crippen LogP contribution in [0.25, 0.3) is 0 Å². The van der Waals surface area contributed by atoms with Crippen molar-refractivity contribution in [3.63, 3.8) is 0 Å². The van der Waals surface area contributed by atoms with Crippen LogP contribution in [0, 0.1) is 6.92 Å². The average molecular weight is 450 g/mol. The Morgan fingerprint density at radius 1 is 1.39 bits per heavy atom. The second kappa shape index (κ2) is 10.5. The molecule has 1 aliphatic rings. The summed E-state index contributed by atoms with van der Waals surface area (Å²) in [6.07, 6.45) is 2.73. The van der Waals surface area contributed by atoms with Crippen LogP contribution < -0.4 is 10.6 Å². The number of rotatable bonds is 8. The van der Waals surface area contributed by atoms with Crippen molar-refractivity contribution in [1.82, 2.24) is 15.5 Å². The van der Waals surface area contributed by atoms with Crippen molar-refractivity contribution in [3.05, 3.63) is 21.9 Å². The van der Waals surface area contributed by atoms with Gasteiger partial charge < -0.3 is 10.6 Å². The van der Waals surface area contributed by atoms with Gasteiger partial charge in [0.2, 0.25) is 0 Å². The van der Waals surface area contributed by atoms with Gasteiger partial charge in [-0.1, -0.05) is 0 Å². The number of hydrogen-bond donors (Lipinski definition) is 2. The first-order valence-corrected chi connectivity index (χ1v) is 9.30. The zero-order chi connectivity index (χ0) is 15.9. The predicted octanol–water partition coefficient (Wildman–Crippen LogP) is 3.60. The van der Waals surface area contributed by atoms with Crippen LogP contribution in [0.2, 0.25) is 0 Å². The number of nitrogens with zero attached hydrogens (tertiary/aromatic N) is 2. The molecule has 0 radical (unpaired) electrons. The van der Waals surface area contributed by atoms with Crippen LogP contribution in [0.3, 0.4) is 0 Å². The lowest BCUT2D eigenvalue weighted by molar-refractivity contribution is 0.215. The zero-order valence-corrected chi connectivity index (χ0v) is 17.9. The summed E-state index contributed by atoms with van der Waals surface area (Å²) >= 11 is 1.78. The molecule has 132 valence electrons. The molecule has 0 atom stereocenters. The zero-order valence-electron chi connectivity index (χ0n) is 14.8. The Morgan fingerprint density at radius 3 is 2.65 bits per heavy atom. The highest BCUT2D eigenvalue weighted by Gasteiger charge is 2.30. The summed E-state index contributed by atoms with van der Waals surface area (Å²) in [5, 5.41) is 8.95. The Bertz CT molecular complexity index is 481. The van der Waals surface area contributed by atoms with E-state index in [1.807, 2.05) is 0 Å². The molecule has 23 heavy (non-hydrogen) atoms. The van der Waals surface area contributed by atoms with Gasteiger partial charge in [0.15, 0.2) is 5.96 Å². The highest BCUT2D eigenvalue weighted by molar-refractivity contribution is 14.0. The van der Waals surface area contributed by atoms with Crippen LogP contribution >= 0.6 is 35.3 Å². The molecule has 1 aliphatic carbocycles. The summed E-state index contributed by atoms with van der Waals surface area (Å²) in [5.74, 6) is 0.926. The van der Waals surface area contributed by atoms with E-state index in [4.69, 9.17) is 4.99 Å². The number of nitrogens with one attached hydrogen (secondary N) is 2. The molecule has 2 N–H and O–H groups in total. The number of thiophene rings is 1. The van der Waals surface area contributed by atoms with Gasteiger partial charge in [-0.25, -0.2) is 4.99 Å². The van der Waals surface area contributed by atoms with Crippen molar-refractivity contribution in [1.29, 1.82) is 0 Å². The quantitative estimate of drug-likeness (QED) is 0.361. The summed E-state index contributed by atoms with van der Waals surface area (Å²) in [7, 11) is 0. The monoisotopic (exact) mass is 450 g/mol. The molecule has 6 heteroatoms. The third kappa shape index (κ3) is 6.97. The van der Waals surface area contributed by atoms with Gasteiger partial charge in [-0.15, -0.1) is 35.3 Å². The maximum absolute atomic E-state index is 4.71. The van der Waals surface area contributed by atoms with E-state index in [-0.39, 0.29) is 24.0 Å². The van der Waals surface area contributed by atoms with Crippen molar-refractivity contribution >= 4 is 41.3 Å². The Morgan fingerprint density at radius 2 is 2.13 bits per heavy atom. The molecule has 0 aliphatic heterocycles. The van der Waals surface area contributed by atoms with Gasteiger partial charge in [0.1, 0.15) is 0 Å². The molecule has 4 nitrogen and oxygen atoms in total. The summed E-state index contributed by atoms with van der Waals surface area (Å²) in [6, 6.07) is 3.60. The van der Waals surface area contributed by atoms with Crippen molar-refractivity contribution in [2.45, 2.75) is 59.2 Å². The van der Waals surface area contributed by atoms with Gasteiger partial charge in [0.05, 0.1) is 6.54 Å². The van der Waals surface area contributed by atoms with E-state index in [1.165, 1.54) is 23.3 Å². The van der Waals surface area contributed by atoms with Crippen LogP contribution in [-0.2, 0) is 6.54 Å². The normalized spacial score (nSPS) is 15.0. The van der Waals surface area contributed by atoms with E-state index in [9.17, 15) is 0 Å². The average Bonchev–Trinajstić information content (AvgIpc) is 3.23. The van der Waals surface area contributed by atoms with E-state index < -0.39 is 0 Å². The van der Waals surface area contributed by atoms with Crippen LogP contribution in [0.15, 0.2) is 16.4 Å². The highest BCUT2D eigenvalue weighted by Crippen LogP contribution is 2.27. The molecule has 1 aromatic heterocycles. The van der Waals surface area contributed by atoms with Gasteiger partial charge in [-0.2, -0.15) is 0 Å². The highest BCUT2D eigenvalue weighted by atomic mass is 127. The maximum Gasteiger partial charge on any atom is 0.191 e. The topological polar surface area (TPSA) is 39.7 Å². The number of aliphatic imine (C=N–C) groups is 1. The second-order valence-electron chi connectivity index (χ2n) is 6.21. The minimum atomic E-state index is 0. The molecule has 1 aromatic rings. The van der Waals surface area contributed by atoms with Gasteiger partial charge in [-0.3, -0.25) is 4.90 Å². The van der Waals surface area contributed by atoms with Gasteiger partial charge in [0.25, 0.3) is 0 Å². The molecule has 1 saturated carbocycles. The third-order valence-corrected chi connectivity index (χ3v) is 5.04. The first-order chi connectivity index (χ1) is 10.6. The molecule has 0 bridgehead atoms. The number of halogens is 1. The molecule has 2 rings (SSSR count). The molecular weight excluding hydrogens is 419 g/mol. The van der Waals surface area contributed by atoms with E-state index in [2.05, 4.69) is 54.7 Å². The lowest BCUT2D eigenvalue weighted by atomic mass is 10.3. The number of guanidine groups is 1. The van der Waals surface area contributed by atoms with E-state index in [1.54, 1.807) is 11.3 Å². The van der Waals surface area contributed by atoms with E-state index in [0.717, 1.165) is 38.2 Å². The van der Waals surface area contributed by atoms with Crippen molar-refractivity contribution in [2.75, 3.05) is 19.6 Å². The second-order valence-corrected chi connectivity index (χ2v) is 7.21. The Labute approximate surface area is 162 Å². The summed E-state index contributed by atoms with van der Waals surface area (Å²) in [6.45, 7) is 12.5. The first kappa shape index (κ1) is 20.7. The lowest BCUT2D eigenvalue weighted by Gasteiger charge is -2.26. The Hall–Kier alpha value is -0.340. The Balaban J connectivity index is 0.00000264. The number of hydrogen-bond acceptors (Lipinski definition) is 3. The van der Waals surface area contributed by atoms with E-state index in [0.29, 0.717) is 6.04 Å². The standard InChI is InChI=1S/C17H30N4S.HI/c1-5-18-17(20-12-16-14(4)8-11-22-16)19-9-10-21(13(2)3)15-6-7-15;/h8,11,13,15H,5-7,9-10,12H2,1-4H3,(H2,18,19,20);1H. The summed E-state index contributed by atoms with van der Waals surface area (Å²) in [4.78, 5) is 8.65. The molecule has 0 unspecified atom stereocenters. The summed E-state index contributed by atoms with van der Waals surface area (Å²) < 4.78 is 0. The third-order valence-electron chi connectivity index (χ3n) is 4.03. The fraction of sp³-hybridized carbons (Fsp3) is 0.706. The molecule has 1 fully saturated rings. The van der Waals surface area contributed by atoms with Crippen molar-refractivity contribution in [3.8, 4) is 0 Å². The maximum atomic E-state index is 4.71. The Kier molecular flexibility index (Phi) is 9.46. The van der Waals surface area contributed by atoms with Crippen LogP contribution in [0.1, 0.15) is 44.1 Å². The SMILES string of the molecule is CCNC(=NCc1sccc1C)NCCN(C(C)C)C1CC1.I. The fourth-order valence-corrected chi connectivity index (χ4v) is 3.46. The van der Waals surface area contributed by atoms with Crippen LogP contribution in [-0.4, -0.2) is 42.6 Å².